The van der Waals surface area contributed by atoms with E-state index in [2.05, 4.69) is 31.4 Å². The quantitative estimate of drug-likeness (QED) is 0.501. The van der Waals surface area contributed by atoms with Gasteiger partial charge in [0, 0.05) is 4.47 Å². The van der Waals surface area contributed by atoms with E-state index in [1.165, 1.54) is 11.8 Å². The summed E-state index contributed by atoms with van der Waals surface area (Å²) >= 11 is 4.58. The minimum Gasteiger partial charge on any atom is -0.493 e. The standard InChI is InChI=1S/C19H18BrN3O4S/c1-25-15-8-7-12(9-16(15)26-2)10-18-22-23-19(27-18)28-11-17(24)21-14-6-4-3-5-13(14)20/h3-9H,10-11H2,1-2H3,(H,21,24). The molecule has 0 saturated heterocycles. The van der Waals surface area contributed by atoms with E-state index in [0.29, 0.717) is 34.7 Å². The highest BCUT2D eigenvalue weighted by molar-refractivity contribution is 9.10. The van der Waals surface area contributed by atoms with Gasteiger partial charge in [-0.15, -0.1) is 10.2 Å². The second-order valence-corrected chi connectivity index (χ2v) is 7.43. The molecule has 1 N–H and O–H groups in total. The maximum atomic E-state index is 12.1. The molecule has 0 radical (unpaired) electrons. The lowest BCUT2D eigenvalue weighted by atomic mass is 10.1. The van der Waals surface area contributed by atoms with Crippen molar-refractivity contribution in [2.75, 3.05) is 25.3 Å². The highest BCUT2D eigenvalue weighted by Gasteiger charge is 2.12. The Labute approximate surface area is 175 Å². The molecule has 3 aromatic rings. The Morgan fingerprint density at radius 2 is 1.93 bits per heavy atom. The van der Waals surface area contributed by atoms with Crippen molar-refractivity contribution < 1.29 is 18.7 Å². The second kappa shape index (κ2) is 9.61. The molecule has 3 rings (SSSR count). The summed E-state index contributed by atoms with van der Waals surface area (Å²) in [4.78, 5) is 12.1. The normalized spacial score (nSPS) is 10.5. The van der Waals surface area contributed by atoms with Gasteiger partial charge in [0.1, 0.15) is 0 Å². The fourth-order valence-corrected chi connectivity index (χ4v) is 3.37. The minimum absolute atomic E-state index is 0.156. The van der Waals surface area contributed by atoms with Crippen molar-refractivity contribution >= 4 is 39.3 Å². The third-order valence-electron chi connectivity index (χ3n) is 3.73. The van der Waals surface area contributed by atoms with Crippen LogP contribution in [0.5, 0.6) is 11.5 Å². The van der Waals surface area contributed by atoms with E-state index in [0.717, 1.165) is 10.0 Å². The number of aromatic nitrogens is 2. The van der Waals surface area contributed by atoms with Crippen LogP contribution in [0, 0.1) is 0 Å². The summed E-state index contributed by atoms with van der Waals surface area (Å²) in [7, 11) is 3.17. The molecule has 0 fully saturated rings. The van der Waals surface area contributed by atoms with Crippen LogP contribution in [0.15, 0.2) is 56.6 Å². The number of nitrogens with one attached hydrogen (secondary N) is 1. The third-order valence-corrected chi connectivity index (χ3v) is 5.24. The zero-order valence-corrected chi connectivity index (χ0v) is 17.7. The molecule has 146 valence electrons. The minimum atomic E-state index is -0.156. The van der Waals surface area contributed by atoms with Gasteiger partial charge < -0.3 is 19.2 Å². The number of halogens is 1. The number of nitrogens with zero attached hydrogens (tertiary/aromatic N) is 2. The SMILES string of the molecule is COc1ccc(Cc2nnc(SCC(=O)Nc3ccccc3Br)o2)cc1OC. The molecule has 1 amide bonds. The van der Waals surface area contributed by atoms with Crippen molar-refractivity contribution in [3.05, 3.63) is 58.4 Å². The third kappa shape index (κ3) is 5.26. The lowest BCUT2D eigenvalue weighted by Crippen LogP contribution is -2.14. The smallest absolute Gasteiger partial charge is 0.277 e. The Balaban J connectivity index is 1.55. The summed E-state index contributed by atoms with van der Waals surface area (Å²) in [6, 6.07) is 13.0. The lowest BCUT2D eigenvalue weighted by Gasteiger charge is -2.08. The number of rotatable bonds is 8. The van der Waals surface area contributed by atoms with Gasteiger partial charge in [0.2, 0.25) is 11.8 Å². The van der Waals surface area contributed by atoms with Crippen molar-refractivity contribution in [3.8, 4) is 11.5 Å². The van der Waals surface area contributed by atoms with Gasteiger partial charge >= 0.3 is 0 Å². The van der Waals surface area contributed by atoms with Gasteiger partial charge in [0.15, 0.2) is 11.5 Å². The van der Waals surface area contributed by atoms with Gasteiger partial charge in [-0.3, -0.25) is 4.79 Å². The summed E-state index contributed by atoms with van der Waals surface area (Å²) < 4.78 is 17.0. The Bertz CT molecular complexity index is 964. The van der Waals surface area contributed by atoms with Crippen LogP contribution < -0.4 is 14.8 Å². The summed E-state index contributed by atoms with van der Waals surface area (Å²) in [5, 5.41) is 11.2. The first-order chi connectivity index (χ1) is 13.6. The molecule has 9 heteroatoms. The van der Waals surface area contributed by atoms with Crippen LogP contribution in [0.1, 0.15) is 11.5 Å². The number of methoxy groups -OCH3 is 2. The fraction of sp³-hybridized carbons (Fsp3) is 0.211. The first-order valence-corrected chi connectivity index (χ1v) is 10.1. The molecule has 0 atom stereocenters. The van der Waals surface area contributed by atoms with E-state index in [-0.39, 0.29) is 11.7 Å². The van der Waals surface area contributed by atoms with Crippen LogP contribution in [0.3, 0.4) is 0 Å². The van der Waals surface area contributed by atoms with Gasteiger partial charge in [-0.25, -0.2) is 0 Å². The van der Waals surface area contributed by atoms with E-state index in [1.807, 2.05) is 42.5 Å². The summed E-state index contributed by atoms with van der Waals surface area (Å²) in [6.07, 6.45) is 0.455. The number of thioether (sulfide) groups is 1. The van der Waals surface area contributed by atoms with E-state index >= 15 is 0 Å². The molecular weight excluding hydrogens is 446 g/mol. The average Bonchev–Trinajstić information content (AvgIpc) is 3.15. The highest BCUT2D eigenvalue weighted by atomic mass is 79.9. The predicted molar refractivity (Wildman–Crippen MR) is 110 cm³/mol. The Morgan fingerprint density at radius 1 is 1.14 bits per heavy atom. The number of para-hydroxylation sites is 1. The van der Waals surface area contributed by atoms with Crippen LogP contribution in [0.25, 0.3) is 0 Å². The van der Waals surface area contributed by atoms with E-state index in [9.17, 15) is 4.79 Å². The van der Waals surface area contributed by atoms with E-state index < -0.39 is 0 Å². The predicted octanol–water partition coefficient (Wildman–Crippen LogP) is 4.17. The van der Waals surface area contributed by atoms with Crippen molar-refractivity contribution in [2.24, 2.45) is 0 Å². The molecule has 0 unspecified atom stereocenters. The maximum absolute atomic E-state index is 12.1. The second-order valence-electron chi connectivity index (χ2n) is 5.64. The van der Waals surface area contributed by atoms with Crippen LogP contribution in [0.2, 0.25) is 0 Å². The lowest BCUT2D eigenvalue weighted by molar-refractivity contribution is -0.113. The Morgan fingerprint density at radius 3 is 2.68 bits per heavy atom. The van der Waals surface area contributed by atoms with Gasteiger partial charge in [-0.1, -0.05) is 30.0 Å². The molecule has 2 aromatic carbocycles. The summed E-state index contributed by atoms with van der Waals surface area (Å²) in [6.45, 7) is 0. The van der Waals surface area contributed by atoms with Crippen molar-refractivity contribution in [1.82, 2.24) is 10.2 Å². The molecule has 0 saturated carbocycles. The Kier molecular flexibility index (Phi) is 6.94. The fourth-order valence-electron chi connectivity index (χ4n) is 2.41. The molecule has 0 aliphatic heterocycles. The van der Waals surface area contributed by atoms with Crippen molar-refractivity contribution in [3.63, 3.8) is 0 Å². The number of benzene rings is 2. The molecule has 1 heterocycles. The molecule has 0 spiro atoms. The molecule has 1 aromatic heterocycles. The summed E-state index contributed by atoms with van der Waals surface area (Å²) in [5.41, 5.74) is 1.66. The molecule has 0 aliphatic rings. The molecule has 0 aliphatic carbocycles. The number of hydrogen-bond acceptors (Lipinski definition) is 7. The molecular formula is C19H18BrN3O4S. The van der Waals surface area contributed by atoms with E-state index in [1.54, 1.807) is 14.2 Å². The van der Waals surface area contributed by atoms with Crippen LogP contribution in [0.4, 0.5) is 5.69 Å². The van der Waals surface area contributed by atoms with Gasteiger partial charge in [-0.05, 0) is 45.8 Å². The largest absolute Gasteiger partial charge is 0.493 e. The van der Waals surface area contributed by atoms with Crippen LogP contribution in [-0.2, 0) is 11.2 Å². The number of amides is 1. The van der Waals surface area contributed by atoms with E-state index in [4.69, 9.17) is 13.9 Å². The van der Waals surface area contributed by atoms with Gasteiger partial charge in [-0.2, -0.15) is 0 Å². The van der Waals surface area contributed by atoms with Crippen LogP contribution in [-0.4, -0.2) is 36.1 Å². The zero-order chi connectivity index (χ0) is 19.9. The number of hydrogen-bond donors (Lipinski definition) is 1. The van der Waals surface area contributed by atoms with Gasteiger partial charge in [0.25, 0.3) is 5.22 Å². The van der Waals surface area contributed by atoms with Crippen molar-refractivity contribution in [1.29, 1.82) is 0 Å². The summed E-state index contributed by atoms with van der Waals surface area (Å²) in [5.74, 6) is 1.76. The number of anilines is 1. The average molecular weight is 464 g/mol. The number of carbonyl (C=O) groups is 1. The highest BCUT2D eigenvalue weighted by Crippen LogP contribution is 2.29. The maximum Gasteiger partial charge on any atom is 0.277 e. The van der Waals surface area contributed by atoms with Crippen molar-refractivity contribution in [2.45, 2.75) is 11.6 Å². The first-order valence-electron chi connectivity index (χ1n) is 8.29. The van der Waals surface area contributed by atoms with Crippen LogP contribution >= 0.6 is 27.7 Å². The topological polar surface area (TPSA) is 86.5 Å². The Hall–Kier alpha value is -2.52. The monoisotopic (exact) mass is 463 g/mol. The number of ether oxygens (including phenoxy) is 2. The number of carbonyl (C=O) groups excluding carboxylic acids is 1. The molecule has 0 bridgehead atoms. The van der Waals surface area contributed by atoms with Gasteiger partial charge in [0.05, 0.1) is 32.1 Å². The zero-order valence-electron chi connectivity index (χ0n) is 15.3. The first kappa shape index (κ1) is 20.2. The molecule has 28 heavy (non-hydrogen) atoms. The molecule has 7 nitrogen and oxygen atoms in total.